The first-order valence-corrected chi connectivity index (χ1v) is 12.5. The van der Waals surface area contributed by atoms with E-state index >= 15 is 0 Å². The number of aromatic nitrogens is 1. The Morgan fingerprint density at radius 1 is 1.14 bits per heavy atom. The molecule has 2 aliphatic heterocycles. The topological polar surface area (TPSA) is 54.5 Å². The van der Waals surface area contributed by atoms with Gasteiger partial charge in [-0.25, -0.2) is 13.2 Å². The van der Waals surface area contributed by atoms with Gasteiger partial charge < -0.3 is 15.4 Å². The minimum absolute atomic E-state index is 0.245. The fourth-order valence-corrected chi connectivity index (χ4v) is 5.57. The average Bonchev–Trinajstić information content (AvgIpc) is 3.18. The number of likely N-dealkylation sites (tertiary alicyclic amines) is 1. The smallest absolute Gasteiger partial charge is 0.283 e. The van der Waals surface area contributed by atoms with E-state index in [1.54, 1.807) is 11.0 Å². The number of hydrogen-bond acceptors (Lipinski definition) is 4. The molecule has 3 N–H and O–H groups in total. The van der Waals surface area contributed by atoms with Gasteiger partial charge in [-0.2, -0.15) is 0 Å². The van der Waals surface area contributed by atoms with Gasteiger partial charge in [-0.15, -0.1) is 0 Å². The zero-order chi connectivity index (χ0) is 25.4. The molecule has 0 bridgehead atoms. The molecule has 9 heteroatoms. The maximum absolute atomic E-state index is 14.4. The summed E-state index contributed by atoms with van der Waals surface area (Å²) in [5, 5.41) is 13.5. The molecule has 2 unspecified atom stereocenters. The Bertz CT molecular complexity index is 1190. The highest BCUT2D eigenvalue weighted by atomic mass is 19.3. The van der Waals surface area contributed by atoms with Crippen LogP contribution >= 0.6 is 0 Å². The fourth-order valence-electron chi connectivity index (χ4n) is 5.57. The predicted octanol–water partition coefficient (Wildman–Crippen LogP) is 4.73. The molecule has 194 valence electrons. The number of anilines is 1. The van der Waals surface area contributed by atoms with E-state index in [2.05, 4.69) is 15.2 Å². The number of halogens is 4. The molecule has 1 aromatic heterocycles. The molecule has 3 heterocycles. The van der Waals surface area contributed by atoms with Crippen LogP contribution in [0, 0.1) is 5.82 Å². The van der Waals surface area contributed by atoms with Gasteiger partial charge in [-0.3, -0.25) is 14.2 Å². The Balaban J connectivity index is 1.43. The van der Waals surface area contributed by atoms with Crippen LogP contribution in [-0.2, 0) is 6.42 Å². The summed E-state index contributed by atoms with van der Waals surface area (Å²) < 4.78 is 55.2. The molecular weight excluding hydrogens is 472 g/mol. The van der Waals surface area contributed by atoms with Crippen molar-refractivity contribution in [3.05, 3.63) is 65.1 Å². The van der Waals surface area contributed by atoms with Crippen molar-refractivity contribution in [3.8, 4) is 0 Å². The second-order valence-electron chi connectivity index (χ2n) is 10.1. The normalized spacial score (nSPS) is 21.5. The first kappa shape index (κ1) is 25.0. The third-order valence-corrected chi connectivity index (χ3v) is 7.38. The van der Waals surface area contributed by atoms with Crippen LogP contribution in [0.3, 0.4) is 0 Å². The summed E-state index contributed by atoms with van der Waals surface area (Å²) in [5.74, 6) is -3.58. The van der Waals surface area contributed by atoms with E-state index in [0.717, 1.165) is 53.0 Å². The van der Waals surface area contributed by atoms with Crippen molar-refractivity contribution < 1.29 is 22.7 Å². The Morgan fingerprint density at radius 2 is 1.89 bits per heavy atom. The molecule has 2 aliphatic rings. The molecule has 5 rings (SSSR count). The highest BCUT2D eigenvalue weighted by Crippen LogP contribution is 2.42. The molecular formula is C27H32F4N4O. The second-order valence-corrected chi connectivity index (χ2v) is 10.1. The molecule has 3 aromatic rings. The van der Waals surface area contributed by atoms with Gasteiger partial charge in [0.05, 0.1) is 25.3 Å². The van der Waals surface area contributed by atoms with Crippen molar-refractivity contribution in [3.63, 3.8) is 0 Å². The summed E-state index contributed by atoms with van der Waals surface area (Å²) in [6, 6.07) is 11.9. The van der Waals surface area contributed by atoms with Gasteiger partial charge in [0, 0.05) is 48.0 Å². The Hall–Kier alpha value is -2.62. The van der Waals surface area contributed by atoms with Crippen molar-refractivity contribution in [1.82, 2.24) is 14.8 Å². The number of aliphatic hydroxyl groups is 1. The molecule has 0 aliphatic carbocycles. The fraction of sp³-hybridized carbons (Fsp3) is 0.481. The number of aliphatic hydroxyl groups excluding tert-OH is 1. The minimum atomic E-state index is -3.25. The zero-order valence-corrected chi connectivity index (χ0v) is 20.3. The van der Waals surface area contributed by atoms with Crippen molar-refractivity contribution in [2.24, 2.45) is 0 Å². The maximum atomic E-state index is 14.4. The van der Waals surface area contributed by atoms with E-state index in [0.29, 0.717) is 18.9 Å². The zero-order valence-electron chi connectivity index (χ0n) is 20.3. The van der Waals surface area contributed by atoms with Crippen LogP contribution in [0.25, 0.3) is 10.9 Å². The summed E-state index contributed by atoms with van der Waals surface area (Å²) in [7, 11) is 0. The molecule has 0 spiro atoms. The van der Waals surface area contributed by atoms with Crippen LogP contribution in [-0.4, -0.2) is 77.4 Å². The first-order valence-electron chi connectivity index (χ1n) is 12.5. The van der Waals surface area contributed by atoms with Crippen molar-refractivity contribution >= 4 is 16.6 Å². The number of aromatic amines is 1. The Kier molecular flexibility index (Phi) is 6.98. The number of benzene rings is 2. The quantitative estimate of drug-likeness (QED) is 0.369. The van der Waals surface area contributed by atoms with Crippen LogP contribution in [0.4, 0.5) is 23.2 Å². The van der Waals surface area contributed by atoms with E-state index in [1.807, 2.05) is 31.2 Å². The van der Waals surface area contributed by atoms with E-state index < -0.39 is 25.1 Å². The molecule has 2 aromatic carbocycles. The molecule has 2 atom stereocenters. The van der Waals surface area contributed by atoms with E-state index in [-0.39, 0.29) is 18.5 Å². The maximum Gasteiger partial charge on any atom is 0.283 e. The van der Waals surface area contributed by atoms with Crippen LogP contribution in [0.15, 0.2) is 42.5 Å². The highest BCUT2D eigenvalue weighted by molar-refractivity contribution is 5.85. The van der Waals surface area contributed by atoms with Gasteiger partial charge >= 0.3 is 0 Å². The molecule has 36 heavy (non-hydrogen) atoms. The van der Waals surface area contributed by atoms with E-state index in [9.17, 15) is 22.7 Å². The summed E-state index contributed by atoms with van der Waals surface area (Å²) >= 11 is 0. The molecule has 0 saturated carbocycles. The Morgan fingerprint density at radius 3 is 2.58 bits per heavy atom. The van der Waals surface area contributed by atoms with Crippen LogP contribution in [0.5, 0.6) is 0 Å². The number of nitrogens with zero attached hydrogens (tertiary/aromatic N) is 2. The summed E-state index contributed by atoms with van der Waals surface area (Å²) in [4.78, 5) is 7.30. The molecule has 0 amide bonds. The van der Waals surface area contributed by atoms with Gasteiger partial charge in [0.2, 0.25) is 0 Å². The number of hydrogen-bond donors (Lipinski definition) is 3. The van der Waals surface area contributed by atoms with Gasteiger partial charge in [0.15, 0.2) is 0 Å². The number of fused-ring (bicyclic) bond motifs is 3. The van der Waals surface area contributed by atoms with Crippen molar-refractivity contribution in [2.45, 2.75) is 43.8 Å². The van der Waals surface area contributed by atoms with Gasteiger partial charge in [-0.05, 0) is 61.2 Å². The monoisotopic (exact) mass is 504 g/mol. The third kappa shape index (κ3) is 4.96. The van der Waals surface area contributed by atoms with Gasteiger partial charge in [0.25, 0.3) is 5.92 Å². The number of alkyl halides is 3. The number of nitrogens with one attached hydrogen (secondary N) is 2. The number of H-pyrrole nitrogens is 1. The minimum Gasteiger partial charge on any atom is -0.390 e. The predicted molar refractivity (Wildman–Crippen MR) is 133 cm³/mol. The van der Waals surface area contributed by atoms with Gasteiger partial charge in [0.1, 0.15) is 12.4 Å². The largest absolute Gasteiger partial charge is 0.390 e. The molecule has 1 fully saturated rings. The van der Waals surface area contributed by atoms with Crippen molar-refractivity contribution in [1.29, 1.82) is 0 Å². The van der Waals surface area contributed by atoms with Crippen LogP contribution in [0.1, 0.15) is 36.2 Å². The molecule has 1 saturated heterocycles. The van der Waals surface area contributed by atoms with Gasteiger partial charge in [-0.1, -0.05) is 12.1 Å². The highest BCUT2D eigenvalue weighted by Gasteiger charge is 2.41. The standard InChI is InChI=1S/C27H32F4N4O/c1-17-11-23-22-12-19(29)5-8-24(22)33-25(23)26(35(17)15-27(30,31)16-36)18-3-6-20(7-4-18)32-21-13-34(14-21)10-2-9-28/h3-8,12,17,21,26,32-33,36H,2,9-11,13-16H2,1H3. The lowest BCUT2D eigenvalue weighted by molar-refractivity contribution is -0.0864. The first-order chi connectivity index (χ1) is 17.3. The SMILES string of the molecule is CC1Cc2c([nH]c3ccc(F)cc23)C(c2ccc(NC3CN(CCCF)C3)cc2)N1CC(F)(F)CO. The molecule has 0 radical (unpaired) electrons. The van der Waals surface area contributed by atoms with E-state index in [1.165, 1.54) is 12.1 Å². The van der Waals surface area contributed by atoms with Crippen LogP contribution < -0.4 is 5.32 Å². The lowest BCUT2D eigenvalue weighted by Crippen LogP contribution is -2.54. The Labute approximate surface area is 208 Å². The van der Waals surface area contributed by atoms with Crippen LogP contribution in [0.2, 0.25) is 0 Å². The lowest BCUT2D eigenvalue weighted by Gasteiger charge is -2.42. The molecule has 5 nitrogen and oxygen atoms in total. The second kappa shape index (κ2) is 10.0. The van der Waals surface area contributed by atoms with E-state index in [4.69, 9.17) is 0 Å². The summed E-state index contributed by atoms with van der Waals surface area (Å²) in [6.45, 7) is 2.27. The number of rotatable bonds is 9. The summed E-state index contributed by atoms with van der Waals surface area (Å²) in [6.07, 6.45) is 1.05. The average molecular weight is 505 g/mol. The van der Waals surface area contributed by atoms with Crippen molar-refractivity contribution in [2.75, 3.05) is 44.8 Å². The third-order valence-electron chi connectivity index (χ3n) is 7.38. The lowest BCUT2D eigenvalue weighted by atomic mass is 9.88. The summed E-state index contributed by atoms with van der Waals surface area (Å²) in [5.41, 5.74) is 4.27.